The molecule has 1 rings (SSSR count). The van der Waals surface area contributed by atoms with Crippen LogP contribution in [0.3, 0.4) is 0 Å². The average Bonchev–Trinajstić information content (AvgIpc) is 2.79. The fourth-order valence-electron chi connectivity index (χ4n) is 2.88. The number of carboxylic acids is 1. The molecule has 4 atom stereocenters. The van der Waals surface area contributed by atoms with Crippen molar-refractivity contribution in [2.75, 3.05) is 17.8 Å². The van der Waals surface area contributed by atoms with E-state index in [1.54, 1.807) is 0 Å². The van der Waals surface area contributed by atoms with E-state index < -0.39 is 60.2 Å². The van der Waals surface area contributed by atoms with E-state index in [0.29, 0.717) is 5.75 Å². The molecule has 0 saturated carbocycles. The first-order chi connectivity index (χ1) is 16.1. The molecule has 1 aromatic carbocycles. The third-order valence-corrected chi connectivity index (χ3v) is 5.72. The topological polar surface area (TPSA) is 194 Å². The maximum absolute atomic E-state index is 12.9. The Morgan fingerprint density at radius 3 is 2.06 bits per heavy atom. The number of thioether (sulfide) groups is 1. The van der Waals surface area contributed by atoms with Crippen molar-refractivity contribution >= 4 is 54.0 Å². The molecule has 0 spiro atoms. The van der Waals surface area contributed by atoms with Crippen LogP contribution >= 0.6 is 24.4 Å². The molecule has 11 nitrogen and oxygen atoms in total. The fraction of sp³-hybridized carbons (Fsp3) is 0.476. The molecule has 0 heterocycles. The number of carbonyl (C=O) groups excluding carboxylic acids is 4. The zero-order chi connectivity index (χ0) is 25.7. The van der Waals surface area contributed by atoms with E-state index in [4.69, 9.17) is 16.6 Å². The van der Waals surface area contributed by atoms with Crippen LogP contribution in [0.15, 0.2) is 30.3 Å². The minimum atomic E-state index is -1.43. The Morgan fingerprint density at radius 2 is 1.53 bits per heavy atom. The van der Waals surface area contributed by atoms with Gasteiger partial charge in [0.25, 0.3) is 0 Å². The second-order valence-electron chi connectivity index (χ2n) is 7.45. The van der Waals surface area contributed by atoms with Crippen molar-refractivity contribution in [3.8, 4) is 0 Å². The van der Waals surface area contributed by atoms with Crippen molar-refractivity contribution < 1.29 is 29.1 Å². The number of hydrogen-bond acceptors (Lipinski definition) is 8. The summed E-state index contributed by atoms with van der Waals surface area (Å²) in [6.45, 7) is 0. The number of aliphatic carboxylic acids is 1. The van der Waals surface area contributed by atoms with Crippen LogP contribution in [0.2, 0.25) is 0 Å². The summed E-state index contributed by atoms with van der Waals surface area (Å²) in [5.74, 6) is -4.10. The molecule has 0 bridgehead atoms. The molecular formula is C21H31N5O6S2. The van der Waals surface area contributed by atoms with Crippen LogP contribution in [0.1, 0.15) is 18.4 Å². The zero-order valence-electron chi connectivity index (χ0n) is 18.7. The van der Waals surface area contributed by atoms with Crippen molar-refractivity contribution in [3.63, 3.8) is 0 Å². The molecule has 0 aliphatic carbocycles. The third-order valence-electron chi connectivity index (χ3n) is 4.71. The molecule has 0 fully saturated rings. The number of carbonyl (C=O) groups is 5. The van der Waals surface area contributed by atoms with Crippen LogP contribution in [0.4, 0.5) is 0 Å². The van der Waals surface area contributed by atoms with Crippen molar-refractivity contribution in [2.24, 2.45) is 11.5 Å². The first kappa shape index (κ1) is 29.3. The van der Waals surface area contributed by atoms with Gasteiger partial charge >= 0.3 is 5.97 Å². The number of benzene rings is 1. The van der Waals surface area contributed by atoms with E-state index in [2.05, 4.69) is 28.6 Å². The summed E-state index contributed by atoms with van der Waals surface area (Å²) in [4.78, 5) is 60.7. The highest BCUT2D eigenvalue weighted by Gasteiger charge is 2.30. The van der Waals surface area contributed by atoms with Gasteiger partial charge in [-0.15, -0.1) is 0 Å². The quantitative estimate of drug-likeness (QED) is 0.140. The van der Waals surface area contributed by atoms with E-state index in [1.165, 1.54) is 11.8 Å². The van der Waals surface area contributed by atoms with Gasteiger partial charge in [0.2, 0.25) is 23.6 Å². The largest absolute Gasteiger partial charge is 0.480 e. The third kappa shape index (κ3) is 10.4. The van der Waals surface area contributed by atoms with Crippen molar-refractivity contribution in [1.29, 1.82) is 0 Å². The Hall–Kier alpha value is -2.77. The lowest BCUT2D eigenvalue weighted by Gasteiger charge is -2.24. The molecular weight excluding hydrogens is 482 g/mol. The Balaban J connectivity index is 2.91. The number of nitrogens with two attached hydrogens (primary N) is 2. The Morgan fingerprint density at radius 1 is 0.971 bits per heavy atom. The monoisotopic (exact) mass is 513 g/mol. The number of thiol groups is 1. The summed E-state index contributed by atoms with van der Waals surface area (Å²) in [7, 11) is 0. The maximum Gasteiger partial charge on any atom is 0.327 e. The number of carboxylic acid groups (broad SMARTS) is 1. The van der Waals surface area contributed by atoms with Gasteiger partial charge in [-0.3, -0.25) is 19.2 Å². The molecule has 188 valence electrons. The number of primary amides is 1. The smallest absolute Gasteiger partial charge is 0.327 e. The summed E-state index contributed by atoms with van der Waals surface area (Å²) < 4.78 is 0. The van der Waals surface area contributed by atoms with E-state index in [1.807, 2.05) is 36.6 Å². The molecule has 1 aromatic rings. The van der Waals surface area contributed by atoms with Gasteiger partial charge in [0.05, 0.1) is 12.5 Å². The van der Waals surface area contributed by atoms with E-state index >= 15 is 0 Å². The molecule has 0 radical (unpaired) electrons. The van der Waals surface area contributed by atoms with Gasteiger partial charge in [-0.05, 0) is 30.4 Å². The Kier molecular flexibility index (Phi) is 13.1. The Labute approximate surface area is 207 Å². The van der Waals surface area contributed by atoms with Crippen LogP contribution in [-0.2, 0) is 30.4 Å². The van der Waals surface area contributed by atoms with Crippen LogP contribution in [0, 0.1) is 0 Å². The average molecular weight is 514 g/mol. The van der Waals surface area contributed by atoms with Gasteiger partial charge in [0.15, 0.2) is 0 Å². The zero-order valence-corrected chi connectivity index (χ0v) is 20.4. The standard InChI is InChI=1S/C21H31N5O6S2/c1-34-8-7-14(24-18(28)13(22)9-12-5-3-2-4-6-12)19(29)25-15(10-17(23)27)20(30)26-16(11-33)21(31)32/h2-6,13-16,33H,7-11,22H2,1H3,(H2,23,27)(H,24,28)(H,25,29)(H,26,30)(H,31,32). The number of amides is 4. The van der Waals surface area contributed by atoms with Crippen molar-refractivity contribution in [1.82, 2.24) is 16.0 Å². The first-order valence-corrected chi connectivity index (χ1v) is 12.4. The van der Waals surface area contributed by atoms with Crippen LogP contribution in [0.5, 0.6) is 0 Å². The first-order valence-electron chi connectivity index (χ1n) is 10.4. The lowest BCUT2D eigenvalue weighted by molar-refractivity contribution is -0.141. The normalized spacial score (nSPS) is 14.2. The van der Waals surface area contributed by atoms with Gasteiger partial charge in [-0.25, -0.2) is 4.79 Å². The summed E-state index contributed by atoms with van der Waals surface area (Å²) in [6.07, 6.45) is 1.75. The molecule has 8 N–H and O–H groups in total. The molecule has 0 saturated heterocycles. The summed E-state index contributed by atoms with van der Waals surface area (Å²) >= 11 is 5.31. The van der Waals surface area contributed by atoms with Crippen LogP contribution < -0.4 is 27.4 Å². The fourth-order valence-corrected chi connectivity index (χ4v) is 3.60. The molecule has 0 aliphatic rings. The molecule has 34 heavy (non-hydrogen) atoms. The SMILES string of the molecule is CSCCC(NC(=O)C(N)Cc1ccccc1)C(=O)NC(CC(N)=O)C(=O)NC(CS)C(=O)O. The van der Waals surface area contributed by atoms with Crippen molar-refractivity contribution in [2.45, 2.75) is 43.4 Å². The van der Waals surface area contributed by atoms with Gasteiger partial charge in [-0.2, -0.15) is 24.4 Å². The van der Waals surface area contributed by atoms with Gasteiger partial charge < -0.3 is 32.5 Å². The lowest BCUT2D eigenvalue weighted by Crippen LogP contribution is -2.58. The predicted octanol–water partition coefficient (Wildman–Crippen LogP) is -1.35. The van der Waals surface area contributed by atoms with E-state index in [9.17, 15) is 24.0 Å². The second-order valence-corrected chi connectivity index (χ2v) is 8.80. The van der Waals surface area contributed by atoms with Gasteiger partial charge in [0, 0.05) is 5.75 Å². The molecule has 4 unspecified atom stereocenters. The van der Waals surface area contributed by atoms with Crippen LogP contribution in [-0.4, -0.2) is 76.6 Å². The number of rotatable bonds is 15. The summed E-state index contributed by atoms with van der Waals surface area (Å²) in [5, 5.41) is 16.3. The highest BCUT2D eigenvalue weighted by Crippen LogP contribution is 2.06. The lowest BCUT2D eigenvalue weighted by atomic mass is 10.1. The van der Waals surface area contributed by atoms with E-state index in [0.717, 1.165) is 5.56 Å². The molecule has 0 aromatic heterocycles. The molecule has 13 heteroatoms. The van der Waals surface area contributed by atoms with Crippen LogP contribution in [0.25, 0.3) is 0 Å². The summed E-state index contributed by atoms with van der Waals surface area (Å²) in [5.41, 5.74) is 12.0. The molecule has 0 aliphatic heterocycles. The van der Waals surface area contributed by atoms with E-state index in [-0.39, 0.29) is 18.6 Å². The maximum atomic E-state index is 12.9. The highest BCUT2D eigenvalue weighted by molar-refractivity contribution is 7.98. The predicted molar refractivity (Wildman–Crippen MR) is 132 cm³/mol. The minimum Gasteiger partial charge on any atom is -0.480 e. The number of nitrogens with one attached hydrogen (secondary N) is 3. The second kappa shape index (κ2) is 15.2. The van der Waals surface area contributed by atoms with Gasteiger partial charge in [-0.1, -0.05) is 30.3 Å². The molecule has 4 amide bonds. The Bertz CT molecular complexity index is 857. The summed E-state index contributed by atoms with van der Waals surface area (Å²) in [6, 6.07) is 4.42. The highest BCUT2D eigenvalue weighted by atomic mass is 32.2. The van der Waals surface area contributed by atoms with Gasteiger partial charge in [0.1, 0.15) is 18.1 Å². The minimum absolute atomic E-state index is 0.204. The number of hydrogen-bond donors (Lipinski definition) is 7. The van der Waals surface area contributed by atoms with Crippen molar-refractivity contribution in [3.05, 3.63) is 35.9 Å².